The van der Waals surface area contributed by atoms with Crippen molar-refractivity contribution in [1.29, 1.82) is 0 Å². The Morgan fingerprint density at radius 2 is 1.56 bits per heavy atom. The normalized spacial score (nSPS) is 11.4. The second-order valence-electron chi connectivity index (χ2n) is 9.75. The van der Waals surface area contributed by atoms with E-state index in [0.29, 0.717) is 17.9 Å². The van der Waals surface area contributed by atoms with Crippen molar-refractivity contribution in [1.82, 2.24) is 9.80 Å². The molecule has 0 amide bonds. The second-order valence-corrected chi connectivity index (χ2v) is 9.75. The maximum atomic E-state index is 13.5. The lowest BCUT2D eigenvalue weighted by atomic mass is 9.97. The van der Waals surface area contributed by atoms with Crippen LogP contribution < -0.4 is 10.1 Å². The molecule has 0 aliphatic carbocycles. The summed E-state index contributed by atoms with van der Waals surface area (Å²) in [5.74, 6) is 0.529. The zero-order chi connectivity index (χ0) is 26.1. The fraction of sp³-hybridized carbons (Fsp3) is 0.323. The smallest absolute Gasteiger partial charge is 0.189 e. The van der Waals surface area contributed by atoms with Gasteiger partial charge >= 0.3 is 0 Å². The maximum absolute atomic E-state index is 13.5. The number of likely N-dealkylation sites (N-methyl/N-ethyl adjacent to an activating group) is 2. The number of nitrogens with zero attached hydrogens (tertiary/aromatic N) is 2. The van der Waals surface area contributed by atoms with Crippen LogP contribution >= 0.6 is 0 Å². The van der Waals surface area contributed by atoms with Crippen molar-refractivity contribution in [3.63, 3.8) is 0 Å². The zero-order valence-corrected chi connectivity index (χ0v) is 22.5. The van der Waals surface area contributed by atoms with Crippen molar-refractivity contribution in [3.8, 4) is 16.9 Å². The molecule has 3 aromatic carbocycles. The molecule has 0 aliphatic heterocycles. The number of anilines is 1. The van der Waals surface area contributed by atoms with E-state index in [1.807, 2.05) is 62.6 Å². The van der Waals surface area contributed by atoms with Gasteiger partial charge in [0.25, 0.3) is 0 Å². The van der Waals surface area contributed by atoms with Crippen LogP contribution in [0.3, 0.4) is 0 Å². The third-order valence-electron chi connectivity index (χ3n) is 5.85. The fourth-order valence-corrected chi connectivity index (χ4v) is 3.98. The van der Waals surface area contributed by atoms with E-state index in [2.05, 4.69) is 61.3 Å². The molecule has 1 N–H and O–H groups in total. The van der Waals surface area contributed by atoms with Crippen LogP contribution in [0.1, 0.15) is 27.0 Å². The van der Waals surface area contributed by atoms with Gasteiger partial charge in [-0.25, -0.2) is 0 Å². The summed E-state index contributed by atoms with van der Waals surface area (Å²) in [6, 6.07) is 20.4. The molecule has 0 aliphatic rings. The first-order valence-electron chi connectivity index (χ1n) is 12.4. The number of benzene rings is 3. The SMILES string of the molecule is Cc1cc(C)cc(-c2ccc(OCCN(C)C)c(C(=O)C=Cc3ccccc3NCCN(C)C)c2)c1. The number of hydrogen-bond donors (Lipinski definition) is 1. The van der Waals surface area contributed by atoms with Crippen molar-refractivity contribution in [2.45, 2.75) is 13.8 Å². The first kappa shape index (κ1) is 27.2. The van der Waals surface area contributed by atoms with Gasteiger partial charge < -0.3 is 19.9 Å². The van der Waals surface area contributed by atoms with Crippen LogP contribution in [0, 0.1) is 13.8 Å². The predicted molar refractivity (Wildman–Crippen MR) is 152 cm³/mol. The number of hydrogen-bond acceptors (Lipinski definition) is 5. The molecule has 190 valence electrons. The molecule has 0 radical (unpaired) electrons. The summed E-state index contributed by atoms with van der Waals surface area (Å²) in [5, 5.41) is 3.47. The summed E-state index contributed by atoms with van der Waals surface area (Å²) in [4.78, 5) is 17.7. The lowest BCUT2D eigenvalue weighted by Gasteiger charge is -2.15. The number of para-hydroxylation sites is 1. The highest BCUT2D eigenvalue weighted by Gasteiger charge is 2.14. The summed E-state index contributed by atoms with van der Waals surface area (Å²) >= 11 is 0. The van der Waals surface area contributed by atoms with Gasteiger partial charge in [0.05, 0.1) is 5.56 Å². The van der Waals surface area contributed by atoms with Crippen molar-refractivity contribution in [3.05, 3.63) is 89.0 Å². The molecule has 0 bridgehead atoms. The van der Waals surface area contributed by atoms with E-state index in [1.165, 1.54) is 11.1 Å². The molecule has 36 heavy (non-hydrogen) atoms. The van der Waals surface area contributed by atoms with Crippen LogP contribution in [0.2, 0.25) is 0 Å². The predicted octanol–water partition coefficient (Wildman–Crippen LogP) is 5.78. The Balaban J connectivity index is 1.90. The van der Waals surface area contributed by atoms with Crippen LogP contribution in [0.5, 0.6) is 5.75 Å². The van der Waals surface area contributed by atoms with Gasteiger partial charge in [-0.2, -0.15) is 0 Å². The lowest BCUT2D eigenvalue weighted by molar-refractivity contribution is 0.104. The Labute approximate surface area is 216 Å². The van der Waals surface area contributed by atoms with Crippen molar-refractivity contribution in [2.75, 3.05) is 59.7 Å². The van der Waals surface area contributed by atoms with Crippen LogP contribution in [0.4, 0.5) is 5.69 Å². The molecule has 0 saturated heterocycles. The maximum Gasteiger partial charge on any atom is 0.189 e. The highest BCUT2D eigenvalue weighted by molar-refractivity contribution is 6.09. The molecule has 0 aromatic heterocycles. The minimum atomic E-state index is -0.0795. The number of allylic oxidation sites excluding steroid dienone is 1. The summed E-state index contributed by atoms with van der Waals surface area (Å²) in [6.45, 7) is 7.22. The van der Waals surface area contributed by atoms with E-state index < -0.39 is 0 Å². The standard InChI is InChI=1S/C31H39N3O2/c1-23-19-24(2)21-27(20-23)26-12-14-31(36-18-17-34(5)6)28(22-26)30(35)13-11-25-9-7-8-10-29(25)32-15-16-33(3)4/h7-14,19-22,32H,15-18H2,1-6H3. The van der Waals surface area contributed by atoms with Crippen molar-refractivity contribution in [2.24, 2.45) is 0 Å². The number of aryl methyl sites for hydroxylation is 2. The first-order valence-corrected chi connectivity index (χ1v) is 12.4. The van der Waals surface area contributed by atoms with Gasteiger partial charge in [-0.1, -0.05) is 53.6 Å². The molecule has 0 saturated carbocycles. The third kappa shape index (κ3) is 8.08. The highest BCUT2D eigenvalue weighted by Crippen LogP contribution is 2.29. The van der Waals surface area contributed by atoms with Crippen molar-refractivity contribution >= 4 is 17.5 Å². The average Bonchev–Trinajstić information content (AvgIpc) is 2.82. The average molecular weight is 486 g/mol. The summed E-state index contributed by atoms with van der Waals surface area (Å²) in [5.41, 5.74) is 7.05. The van der Waals surface area contributed by atoms with Crippen LogP contribution in [-0.2, 0) is 0 Å². The monoisotopic (exact) mass is 485 g/mol. The molecule has 0 atom stereocenters. The molecule has 0 fully saturated rings. The van der Waals surface area contributed by atoms with Gasteiger partial charge in [-0.05, 0) is 89.1 Å². The summed E-state index contributed by atoms with van der Waals surface area (Å²) in [7, 11) is 8.11. The highest BCUT2D eigenvalue weighted by atomic mass is 16.5. The molecule has 5 heteroatoms. The van der Waals surface area contributed by atoms with E-state index in [1.54, 1.807) is 6.08 Å². The molecule has 3 rings (SSSR count). The number of carbonyl (C=O) groups is 1. The fourth-order valence-electron chi connectivity index (χ4n) is 3.98. The molecule has 3 aromatic rings. The molecule has 0 unspecified atom stereocenters. The van der Waals surface area contributed by atoms with E-state index in [4.69, 9.17) is 4.74 Å². The third-order valence-corrected chi connectivity index (χ3v) is 5.85. The van der Waals surface area contributed by atoms with Gasteiger partial charge in [0.15, 0.2) is 5.78 Å². The molecule has 0 spiro atoms. The first-order chi connectivity index (χ1) is 17.2. The largest absolute Gasteiger partial charge is 0.491 e. The number of rotatable bonds is 12. The number of ether oxygens (including phenoxy) is 1. The quantitative estimate of drug-likeness (QED) is 0.260. The summed E-state index contributed by atoms with van der Waals surface area (Å²) in [6.07, 6.45) is 3.53. The van der Waals surface area contributed by atoms with Crippen LogP contribution in [0.15, 0.2) is 66.7 Å². The van der Waals surface area contributed by atoms with E-state index >= 15 is 0 Å². The van der Waals surface area contributed by atoms with Crippen LogP contribution in [-0.4, -0.2) is 70.0 Å². The number of ketones is 1. The van der Waals surface area contributed by atoms with Gasteiger partial charge in [0, 0.05) is 25.3 Å². The molecular weight excluding hydrogens is 446 g/mol. The second kappa shape index (κ2) is 13.1. The Bertz CT molecular complexity index is 1180. The Morgan fingerprint density at radius 3 is 2.25 bits per heavy atom. The molecular formula is C31H39N3O2. The number of carbonyl (C=O) groups excluding carboxylic acids is 1. The summed E-state index contributed by atoms with van der Waals surface area (Å²) < 4.78 is 6.05. The minimum Gasteiger partial charge on any atom is -0.491 e. The molecule has 5 nitrogen and oxygen atoms in total. The van der Waals surface area contributed by atoms with E-state index in [9.17, 15) is 4.79 Å². The van der Waals surface area contributed by atoms with E-state index in [0.717, 1.165) is 42.0 Å². The van der Waals surface area contributed by atoms with Gasteiger partial charge in [-0.3, -0.25) is 4.79 Å². The molecule has 0 heterocycles. The lowest BCUT2D eigenvalue weighted by Crippen LogP contribution is -2.21. The van der Waals surface area contributed by atoms with Gasteiger partial charge in [-0.15, -0.1) is 0 Å². The minimum absolute atomic E-state index is 0.0795. The zero-order valence-electron chi connectivity index (χ0n) is 22.5. The van der Waals surface area contributed by atoms with Crippen molar-refractivity contribution < 1.29 is 9.53 Å². The van der Waals surface area contributed by atoms with E-state index in [-0.39, 0.29) is 5.78 Å². The Morgan fingerprint density at radius 1 is 0.861 bits per heavy atom. The van der Waals surface area contributed by atoms with Gasteiger partial charge in [0.1, 0.15) is 12.4 Å². The van der Waals surface area contributed by atoms with Gasteiger partial charge in [0.2, 0.25) is 0 Å². The van der Waals surface area contributed by atoms with Crippen LogP contribution in [0.25, 0.3) is 17.2 Å². The Kier molecular flexibility index (Phi) is 9.86. The Hall–Kier alpha value is -3.41. The number of nitrogens with one attached hydrogen (secondary N) is 1. The topological polar surface area (TPSA) is 44.8 Å².